The zero-order valence-electron chi connectivity index (χ0n) is 13.6. The Labute approximate surface area is 156 Å². The van der Waals surface area contributed by atoms with Crippen LogP contribution in [0.5, 0.6) is 0 Å². The van der Waals surface area contributed by atoms with Crippen LogP contribution in [-0.4, -0.2) is 39.3 Å². The molecule has 2 rings (SSSR count). The van der Waals surface area contributed by atoms with E-state index < -0.39 is 10.0 Å². The van der Waals surface area contributed by atoms with Crippen LogP contribution < -0.4 is 10.6 Å². The zero-order chi connectivity index (χ0) is 18.6. The summed E-state index contributed by atoms with van der Waals surface area (Å²) >= 11 is 11.9. The van der Waals surface area contributed by atoms with E-state index in [9.17, 15) is 13.2 Å². The number of rotatable bonds is 6. The van der Waals surface area contributed by atoms with Gasteiger partial charge in [0.15, 0.2) is 0 Å². The molecule has 0 aliphatic heterocycles. The van der Waals surface area contributed by atoms with Gasteiger partial charge in [-0.05, 0) is 36.4 Å². The quantitative estimate of drug-likeness (QED) is 0.777. The predicted octanol–water partition coefficient (Wildman–Crippen LogP) is 3.29. The van der Waals surface area contributed by atoms with E-state index >= 15 is 0 Å². The number of carbonyl (C=O) groups is 1. The van der Waals surface area contributed by atoms with Gasteiger partial charge in [-0.15, -0.1) is 0 Å². The summed E-state index contributed by atoms with van der Waals surface area (Å²) in [5.74, 6) is -0.351. The second-order valence-electron chi connectivity index (χ2n) is 5.34. The minimum atomic E-state index is -3.57. The Bertz CT molecular complexity index is 886. The smallest absolute Gasteiger partial charge is 0.243 e. The maximum Gasteiger partial charge on any atom is 0.243 e. The van der Waals surface area contributed by atoms with Gasteiger partial charge in [-0.2, -0.15) is 0 Å². The van der Waals surface area contributed by atoms with E-state index in [1.165, 1.54) is 26.2 Å². The molecule has 0 aliphatic carbocycles. The van der Waals surface area contributed by atoms with Crippen molar-refractivity contribution in [3.05, 3.63) is 52.5 Å². The first kappa shape index (κ1) is 19.5. The molecule has 0 aliphatic rings. The van der Waals surface area contributed by atoms with Crippen LogP contribution in [0.4, 0.5) is 11.4 Å². The van der Waals surface area contributed by atoms with Gasteiger partial charge >= 0.3 is 0 Å². The van der Waals surface area contributed by atoms with Gasteiger partial charge < -0.3 is 10.6 Å². The number of sulfonamides is 1. The molecule has 0 heterocycles. The molecule has 25 heavy (non-hydrogen) atoms. The standard InChI is InChI=1S/C16H17Cl2N3O3S/c1-21(2)25(23,24)13-5-3-4-12(9-13)20-16(22)10-19-15-8-11(17)6-7-14(15)18/h3-9,19H,10H2,1-2H3,(H,20,22). The van der Waals surface area contributed by atoms with E-state index in [1.54, 1.807) is 30.3 Å². The maximum absolute atomic E-state index is 12.1. The van der Waals surface area contributed by atoms with E-state index in [0.717, 1.165) is 4.31 Å². The second kappa shape index (κ2) is 8.05. The molecule has 6 nitrogen and oxygen atoms in total. The Morgan fingerprint density at radius 2 is 1.84 bits per heavy atom. The Balaban J connectivity index is 2.05. The molecule has 1 amide bonds. The lowest BCUT2D eigenvalue weighted by Gasteiger charge is -2.13. The van der Waals surface area contributed by atoms with Gasteiger partial charge in [0.25, 0.3) is 0 Å². The molecule has 134 valence electrons. The first-order valence-corrected chi connectivity index (χ1v) is 9.41. The maximum atomic E-state index is 12.1. The van der Waals surface area contributed by atoms with Crippen molar-refractivity contribution in [2.45, 2.75) is 4.90 Å². The molecule has 0 atom stereocenters. The van der Waals surface area contributed by atoms with Gasteiger partial charge in [0.2, 0.25) is 15.9 Å². The Kier molecular flexibility index (Phi) is 6.29. The Morgan fingerprint density at radius 3 is 2.52 bits per heavy atom. The molecule has 0 unspecified atom stereocenters. The van der Waals surface area contributed by atoms with Gasteiger partial charge in [0, 0.05) is 24.8 Å². The van der Waals surface area contributed by atoms with Gasteiger partial charge in [0.1, 0.15) is 0 Å². The van der Waals surface area contributed by atoms with Crippen molar-refractivity contribution in [3.8, 4) is 0 Å². The van der Waals surface area contributed by atoms with Crippen LogP contribution in [0.3, 0.4) is 0 Å². The lowest BCUT2D eigenvalue weighted by molar-refractivity contribution is -0.114. The van der Waals surface area contributed by atoms with Crippen LogP contribution in [0, 0.1) is 0 Å². The minimum absolute atomic E-state index is 0.0509. The number of nitrogens with one attached hydrogen (secondary N) is 2. The first-order valence-electron chi connectivity index (χ1n) is 7.21. The Morgan fingerprint density at radius 1 is 1.12 bits per heavy atom. The molecule has 2 N–H and O–H groups in total. The van der Waals surface area contributed by atoms with Crippen molar-refractivity contribution >= 4 is 50.5 Å². The molecule has 0 saturated heterocycles. The molecule has 0 aromatic heterocycles. The second-order valence-corrected chi connectivity index (χ2v) is 8.34. The van der Waals surface area contributed by atoms with Crippen LogP contribution in [0.15, 0.2) is 47.4 Å². The summed E-state index contributed by atoms with van der Waals surface area (Å²) < 4.78 is 25.4. The summed E-state index contributed by atoms with van der Waals surface area (Å²) in [4.78, 5) is 12.2. The number of hydrogen-bond donors (Lipinski definition) is 2. The van der Waals surface area contributed by atoms with Crippen LogP contribution in [0.2, 0.25) is 10.0 Å². The fourth-order valence-electron chi connectivity index (χ4n) is 1.96. The van der Waals surface area contributed by atoms with E-state index in [4.69, 9.17) is 23.2 Å². The number of halogens is 2. The minimum Gasteiger partial charge on any atom is -0.375 e. The first-order chi connectivity index (χ1) is 11.7. The van der Waals surface area contributed by atoms with Gasteiger partial charge in [-0.25, -0.2) is 12.7 Å². The third kappa shape index (κ3) is 5.09. The van der Waals surface area contributed by atoms with Crippen molar-refractivity contribution in [3.63, 3.8) is 0 Å². The normalized spacial score (nSPS) is 11.4. The molecule has 2 aromatic rings. The van der Waals surface area contributed by atoms with Crippen LogP contribution >= 0.6 is 23.2 Å². The van der Waals surface area contributed by atoms with E-state index in [-0.39, 0.29) is 17.3 Å². The topological polar surface area (TPSA) is 78.5 Å². The largest absolute Gasteiger partial charge is 0.375 e. The fourth-order valence-corrected chi connectivity index (χ4v) is 3.26. The number of anilines is 2. The number of carbonyl (C=O) groups excluding carboxylic acids is 1. The fraction of sp³-hybridized carbons (Fsp3) is 0.188. The van der Waals surface area contributed by atoms with Gasteiger partial charge in [-0.3, -0.25) is 4.79 Å². The number of hydrogen-bond acceptors (Lipinski definition) is 4. The molecule has 0 bridgehead atoms. The molecular formula is C16H17Cl2N3O3S. The highest BCUT2D eigenvalue weighted by Gasteiger charge is 2.17. The summed E-state index contributed by atoms with van der Waals surface area (Å²) in [6, 6.07) is 10.9. The lowest BCUT2D eigenvalue weighted by atomic mass is 10.3. The number of benzene rings is 2. The zero-order valence-corrected chi connectivity index (χ0v) is 15.9. The van der Waals surface area contributed by atoms with Crippen molar-refractivity contribution in [2.24, 2.45) is 0 Å². The number of amides is 1. The highest BCUT2D eigenvalue weighted by molar-refractivity contribution is 7.89. The van der Waals surface area contributed by atoms with E-state index in [1.807, 2.05) is 0 Å². The average Bonchev–Trinajstić information content (AvgIpc) is 2.55. The monoisotopic (exact) mass is 401 g/mol. The highest BCUT2D eigenvalue weighted by atomic mass is 35.5. The van der Waals surface area contributed by atoms with Crippen molar-refractivity contribution in [1.29, 1.82) is 0 Å². The SMILES string of the molecule is CN(C)S(=O)(=O)c1cccc(NC(=O)CNc2cc(Cl)ccc2Cl)c1. The van der Waals surface area contributed by atoms with Crippen LogP contribution in [0.25, 0.3) is 0 Å². The van der Waals surface area contributed by atoms with E-state index in [2.05, 4.69) is 10.6 Å². The molecule has 0 fully saturated rings. The highest BCUT2D eigenvalue weighted by Crippen LogP contribution is 2.25. The molecular weight excluding hydrogens is 385 g/mol. The third-order valence-corrected chi connectivity index (χ3v) is 5.64. The summed E-state index contributed by atoms with van der Waals surface area (Å²) in [5, 5.41) is 6.45. The van der Waals surface area contributed by atoms with Crippen molar-refractivity contribution in [2.75, 3.05) is 31.3 Å². The summed E-state index contributed by atoms with van der Waals surface area (Å²) in [5.41, 5.74) is 0.917. The molecule has 2 aromatic carbocycles. The average molecular weight is 402 g/mol. The molecule has 0 radical (unpaired) electrons. The third-order valence-electron chi connectivity index (χ3n) is 3.26. The summed E-state index contributed by atoms with van der Waals surface area (Å²) in [7, 11) is -0.679. The van der Waals surface area contributed by atoms with Gasteiger partial charge in [-0.1, -0.05) is 29.3 Å². The molecule has 9 heteroatoms. The predicted molar refractivity (Wildman–Crippen MR) is 101 cm³/mol. The summed E-state index contributed by atoms with van der Waals surface area (Å²) in [6.45, 7) is -0.0509. The lowest BCUT2D eigenvalue weighted by Crippen LogP contribution is -2.23. The molecule has 0 saturated carbocycles. The Hall–Kier alpha value is -1.80. The van der Waals surface area contributed by atoms with Crippen molar-refractivity contribution < 1.29 is 13.2 Å². The van der Waals surface area contributed by atoms with E-state index in [0.29, 0.717) is 21.4 Å². The van der Waals surface area contributed by atoms with Crippen LogP contribution in [-0.2, 0) is 14.8 Å². The summed E-state index contributed by atoms with van der Waals surface area (Å²) in [6.07, 6.45) is 0. The van der Waals surface area contributed by atoms with Crippen molar-refractivity contribution in [1.82, 2.24) is 4.31 Å². The van der Waals surface area contributed by atoms with Crippen LogP contribution in [0.1, 0.15) is 0 Å². The number of nitrogens with zero attached hydrogens (tertiary/aromatic N) is 1. The molecule has 0 spiro atoms. The van der Waals surface area contributed by atoms with Gasteiger partial charge in [0.05, 0.1) is 22.2 Å².